The first-order chi connectivity index (χ1) is 15.2. The van der Waals surface area contributed by atoms with Gasteiger partial charge in [-0.2, -0.15) is 5.10 Å². The molecule has 7 nitrogen and oxygen atoms in total. The van der Waals surface area contributed by atoms with Crippen LogP contribution in [0.25, 0.3) is 0 Å². The fourth-order valence-electron chi connectivity index (χ4n) is 4.85. The van der Waals surface area contributed by atoms with Crippen molar-refractivity contribution < 1.29 is 23.5 Å². The van der Waals surface area contributed by atoms with Crippen molar-refractivity contribution >= 4 is 29.7 Å². The van der Waals surface area contributed by atoms with Crippen molar-refractivity contribution in [1.29, 1.82) is 0 Å². The van der Waals surface area contributed by atoms with Crippen LogP contribution in [0.5, 0.6) is 0 Å². The van der Waals surface area contributed by atoms with Gasteiger partial charge in [-0.1, -0.05) is 24.3 Å². The third-order valence-corrected chi connectivity index (χ3v) is 6.03. The van der Waals surface area contributed by atoms with E-state index in [4.69, 9.17) is 4.74 Å². The summed E-state index contributed by atoms with van der Waals surface area (Å²) in [4.78, 5) is 41.4. The molecule has 5 rings (SSSR count). The number of esters is 1. The molecule has 0 aliphatic carbocycles. The van der Waals surface area contributed by atoms with Gasteiger partial charge in [0.1, 0.15) is 11.4 Å². The highest BCUT2D eigenvalue weighted by atomic mass is 19.1. The standard InChI is InChI=1S/C24H22FN3O4/c1-24(2,3)32-23(31)20-18-17(19-16-7-5-4-6-13(16)12-26-28(19)20)21(29)27(22(18)30)15-10-8-14(25)9-11-15/h4-12,17-20H,1-3H3/t17-,18+,19+,20-/m1/s1. The number of fused-ring (bicyclic) bond motifs is 5. The molecule has 2 amide bonds. The maximum Gasteiger partial charge on any atom is 0.331 e. The Morgan fingerprint density at radius 2 is 1.66 bits per heavy atom. The molecule has 0 spiro atoms. The van der Waals surface area contributed by atoms with Gasteiger partial charge in [0.25, 0.3) is 0 Å². The minimum Gasteiger partial charge on any atom is -0.458 e. The SMILES string of the molecule is CC(C)(C)OC(=O)[C@H]1[C@H]2C(=O)N(c3ccc(F)cc3)C(=O)[C@H]2[C@@H]2c3ccccc3C=NN12. The maximum absolute atomic E-state index is 13.6. The lowest BCUT2D eigenvalue weighted by Gasteiger charge is -2.34. The van der Waals surface area contributed by atoms with Gasteiger partial charge in [-0.3, -0.25) is 14.6 Å². The van der Waals surface area contributed by atoms with Crippen molar-refractivity contribution in [3.8, 4) is 0 Å². The molecule has 2 saturated heterocycles. The van der Waals surface area contributed by atoms with E-state index in [0.717, 1.165) is 16.0 Å². The van der Waals surface area contributed by atoms with Gasteiger partial charge >= 0.3 is 5.97 Å². The monoisotopic (exact) mass is 435 g/mol. The number of halogens is 1. The van der Waals surface area contributed by atoms with Crippen LogP contribution in [0.2, 0.25) is 0 Å². The second-order valence-corrected chi connectivity index (χ2v) is 9.22. The van der Waals surface area contributed by atoms with Gasteiger partial charge in [-0.15, -0.1) is 0 Å². The van der Waals surface area contributed by atoms with Gasteiger partial charge in [0.15, 0.2) is 6.04 Å². The van der Waals surface area contributed by atoms with Crippen molar-refractivity contribution in [2.75, 3.05) is 4.90 Å². The second kappa shape index (κ2) is 6.98. The topological polar surface area (TPSA) is 79.3 Å². The van der Waals surface area contributed by atoms with E-state index in [1.54, 1.807) is 32.0 Å². The van der Waals surface area contributed by atoms with Crippen LogP contribution in [-0.4, -0.2) is 40.7 Å². The van der Waals surface area contributed by atoms with Gasteiger partial charge in [0.2, 0.25) is 11.8 Å². The average Bonchev–Trinajstić information content (AvgIpc) is 3.21. The molecule has 32 heavy (non-hydrogen) atoms. The predicted molar refractivity (Wildman–Crippen MR) is 114 cm³/mol. The molecule has 0 bridgehead atoms. The molecule has 3 heterocycles. The zero-order valence-electron chi connectivity index (χ0n) is 17.9. The largest absolute Gasteiger partial charge is 0.458 e. The van der Waals surface area contributed by atoms with Crippen molar-refractivity contribution in [2.24, 2.45) is 16.9 Å². The summed E-state index contributed by atoms with van der Waals surface area (Å²) in [6.45, 7) is 5.24. The van der Waals surface area contributed by atoms with Crippen LogP contribution >= 0.6 is 0 Å². The number of benzene rings is 2. The summed E-state index contributed by atoms with van der Waals surface area (Å²) < 4.78 is 19.1. The highest BCUT2D eigenvalue weighted by molar-refractivity contribution is 6.23. The Hall–Kier alpha value is -3.55. The summed E-state index contributed by atoms with van der Waals surface area (Å²) in [5, 5.41) is 6.01. The summed E-state index contributed by atoms with van der Waals surface area (Å²) >= 11 is 0. The molecular formula is C24H22FN3O4. The summed E-state index contributed by atoms with van der Waals surface area (Å²) in [6.07, 6.45) is 1.64. The molecule has 0 unspecified atom stereocenters. The number of amides is 2. The van der Waals surface area contributed by atoms with Crippen molar-refractivity contribution in [3.63, 3.8) is 0 Å². The number of rotatable bonds is 2. The van der Waals surface area contributed by atoms with Gasteiger partial charge in [0, 0.05) is 0 Å². The molecule has 0 N–H and O–H groups in total. The number of hydrogen-bond acceptors (Lipinski definition) is 6. The first-order valence-corrected chi connectivity index (χ1v) is 10.4. The zero-order chi connectivity index (χ0) is 22.8. The van der Waals surface area contributed by atoms with E-state index < -0.39 is 53.1 Å². The Morgan fingerprint density at radius 3 is 2.34 bits per heavy atom. The van der Waals surface area contributed by atoms with Crippen LogP contribution in [0.4, 0.5) is 10.1 Å². The zero-order valence-corrected chi connectivity index (χ0v) is 17.9. The predicted octanol–water partition coefficient (Wildman–Crippen LogP) is 3.05. The highest BCUT2D eigenvalue weighted by Gasteiger charge is 2.66. The van der Waals surface area contributed by atoms with E-state index in [0.29, 0.717) is 0 Å². The molecule has 0 saturated carbocycles. The Bertz CT molecular complexity index is 1150. The van der Waals surface area contributed by atoms with Gasteiger partial charge in [0.05, 0.1) is 29.8 Å². The first kappa shape index (κ1) is 20.4. The normalized spacial score (nSPS) is 26.1. The molecule has 0 aromatic heterocycles. The van der Waals surface area contributed by atoms with Crippen LogP contribution in [0.15, 0.2) is 53.6 Å². The van der Waals surface area contributed by atoms with Crippen molar-refractivity contribution in [1.82, 2.24) is 5.01 Å². The smallest absolute Gasteiger partial charge is 0.331 e. The number of imide groups is 1. The van der Waals surface area contributed by atoms with E-state index in [2.05, 4.69) is 5.10 Å². The van der Waals surface area contributed by atoms with Crippen molar-refractivity contribution in [3.05, 3.63) is 65.5 Å². The molecule has 2 aromatic carbocycles. The number of anilines is 1. The fraction of sp³-hybridized carbons (Fsp3) is 0.333. The molecule has 2 aromatic rings. The molecular weight excluding hydrogens is 413 g/mol. The van der Waals surface area contributed by atoms with Crippen LogP contribution in [0.1, 0.15) is 37.9 Å². The second-order valence-electron chi connectivity index (χ2n) is 9.22. The third-order valence-electron chi connectivity index (χ3n) is 6.03. The summed E-state index contributed by atoms with van der Waals surface area (Å²) in [6, 6.07) is 11.0. The van der Waals surface area contributed by atoms with Crippen LogP contribution in [-0.2, 0) is 19.1 Å². The molecule has 164 valence electrons. The van der Waals surface area contributed by atoms with E-state index in [1.165, 1.54) is 24.3 Å². The van der Waals surface area contributed by atoms with Crippen molar-refractivity contribution in [2.45, 2.75) is 38.5 Å². The van der Waals surface area contributed by atoms with E-state index in [1.807, 2.05) is 24.3 Å². The number of hydrazone groups is 1. The molecule has 8 heteroatoms. The number of hydrogen-bond donors (Lipinski definition) is 0. The van der Waals surface area contributed by atoms with E-state index in [9.17, 15) is 18.8 Å². The lowest BCUT2D eigenvalue weighted by Crippen LogP contribution is -2.46. The third kappa shape index (κ3) is 3.01. The number of carbonyl (C=O) groups excluding carboxylic acids is 3. The van der Waals surface area contributed by atoms with E-state index in [-0.39, 0.29) is 5.69 Å². The molecule has 0 radical (unpaired) electrons. The lowest BCUT2D eigenvalue weighted by molar-refractivity contribution is -0.163. The molecule has 3 aliphatic rings. The van der Waals surface area contributed by atoms with Gasteiger partial charge in [-0.25, -0.2) is 14.1 Å². The minimum absolute atomic E-state index is 0.276. The molecule has 4 atom stereocenters. The number of carbonyl (C=O) groups is 3. The van der Waals surface area contributed by atoms with Crippen LogP contribution < -0.4 is 4.90 Å². The first-order valence-electron chi connectivity index (χ1n) is 10.4. The summed E-state index contributed by atoms with van der Waals surface area (Å²) in [5.41, 5.74) is 1.16. The molecule has 3 aliphatic heterocycles. The quantitative estimate of drug-likeness (QED) is 0.535. The summed E-state index contributed by atoms with van der Waals surface area (Å²) in [5.74, 6) is -3.79. The minimum atomic E-state index is -1.05. The van der Waals surface area contributed by atoms with Gasteiger partial charge < -0.3 is 4.74 Å². The Labute approximate surface area is 184 Å². The highest BCUT2D eigenvalue weighted by Crippen LogP contribution is 2.52. The van der Waals surface area contributed by atoms with Crippen LogP contribution in [0, 0.1) is 17.7 Å². The number of nitrogens with zero attached hydrogens (tertiary/aromatic N) is 3. The average molecular weight is 435 g/mol. The van der Waals surface area contributed by atoms with E-state index >= 15 is 0 Å². The fourth-order valence-corrected chi connectivity index (χ4v) is 4.85. The summed E-state index contributed by atoms with van der Waals surface area (Å²) in [7, 11) is 0. The van der Waals surface area contributed by atoms with Gasteiger partial charge in [-0.05, 0) is 56.2 Å². The van der Waals surface area contributed by atoms with Crippen LogP contribution in [0.3, 0.4) is 0 Å². The Kier molecular flexibility index (Phi) is 4.44. The Balaban J connectivity index is 1.62. The Morgan fingerprint density at radius 1 is 1.00 bits per heavy atom. The molecule has 2 fully saturated rings. The maximum atomic E-state index is 13.6. The number of ether oxygens (including phenoxy) is 1. The lowest BCUT2D eigenvalue weighted by atomic mass is 9.85.